The first-order valence-corrected chi connectivity index (χ1v) is 2.72. The molecule has 0 aromatic heterocycles. The fourth-order valence-electron chi connectivity index (χ4n) is 0.136. The number of nitrogens with two attached hydrogens (primary N) is 3. The molecule has 0 heterocycles. The van der Waals surface area contributed by atoms with Crippen molar-refractivity contribution in [2.45, 2.75) is 20.0 Å². The van der Waals surface area contributed by atoms with Gasteiger partial charge in [-0.15, -0.1) is 0 Å². The van der Waals surface area contributed by atoms with E-state index in [1.807, 2.05) is 13.8 Å². The lowest BCUT2D eigenvalue weighted by Crippen LogP contribution is -2.48. The second-order valence-electron chi connectivity index (χ2n) is 2.72. The molecule has 0 fully saturated rings. The van der Waals surface area contributed by atoms with Crippen LogP contribution in [0.15, 0.2) is 0 Å². The van der Waals surface area contributed by atoms with Crippen LogP contribution in [0, 0.1) is 5.41 Å². The molecule has 50 valence electrons. The summed E-state index contributed by atoms with van der Waals surface area (Å²) >= 11 is 0. The molecular formula is C5H15N3. The highest BCUT2D eigenvalue weighted by molar-refractivity contribution is 4.76. The SMILES string of the molecule is CC(C)(CN)C(N)N. The molecule has 0 saturated carbocycles. The molecule has 0 rings (SSSR count). The van der Waals surface area contributed by atoms with Gasteiger partial charge in [-0.3, -0.25) is 0 Å². The molecule has 0 bridgehead atoms. The Kier molecular flexibility index (Phi) is 2.40. The van der Waals surface area contributed by atoms with E-state index in [0.717, 1.165) is 0 Å². The quantitative estimate of drug-likeness (QED) is 0.415. The van der Waals surface area contributed by atoms with Crippen molar-refractivity contribution in [3.05, 3.63) is 0 Å². The maximum atomic E-state index is 5.38. The van der Waals surface area contributed by atoms with Gasteiger partial charge in [-0.25, -0.2) is 0 Å². The van der Waals surface area contributed by atoms with Crippen LogP contribution < -0.4 is 17.2 Å². The lowest BCUT2D eigenvalue weighted by atomic mass is 9.91. The minimum atomic E-state index is -0.313. The van der Waals surface area contributed by atoms with Gasteiger partial charge in [0.15, 0.2) is 0 Å². The molecule has 0 atom stereocenters. The van der Waals surface area contributed by atoms with E-state index in [4.69, 9.17) is 17.2 Å². The van der Waals surface area contributed by atoms with Gasteiger partial charge in [0.1, 0.15) is 0 Å². The highest BCUT2D eigenvalue weighted by Crippen LogP contribution is 2.12. The van der Waals surface area contributed by atoms with Crippen LogP contribution in [-0.4, -0.2) is 12.7 Å². The van der Waals surface area contributed by atoms with Gasteiger partial charge >= 0.3 is 0 Å². The second-order valence-corrected chi connectivity index (χ2v) is 2.72. The summed E-state index contributed by atoms with van der Waals surface area (Å²) in [5, 5.41) is 0. The molecule has 0 saturated heterocycles. The molecule has 0 unspecified atom stereocenters. The van der Waals surface area contributed by atoms with Crippen molar-refractivity contribution in [1.82, 2.24) is 0 Å². The van der Waals surface area contributed by atoms with Crippen molar-refractivity contribution in [3.63, 3.8) is 0 Å². The van der Waals surface area contributed by atoms with Gasteiger partial charge in [0.05, 0.1) is 6.17 Å². The molecule has 3 heteroatoms. The number of hydrogen-bond donors (Lipinski definition) is 3. The van der Waals surface area contributed by atoms with Gasteiger partial charge in [-0.1, -0.05) is 13.8 Å². The van der Waals surface area contributed by atoms with E-state index >= 15 is 0 Å². The van der Waals surface area contributed by atoms with Gasteiger partial charge in [-0.2, -0.15) is 0 Å². The summed E-state index contributed by atoms with van der Waals surface area (Å²) < 4.78 is 0. The topological polar surface area (TPSA) is 78.1 Å². The van der Waals surface area contributed by atoms with Crippen LogP contribution in [0.25, 0.3) is 0 Å². The summed E-state index contributed by atoms with van der Waals surface area (Å²) in [6.45, 7) is 4.42. The van der Waals surface area contributed by atoms with Crippen molar-refractivity contribution in [1.29, 1.82) is 0 Å². The third-order valence-corrected chi connectivity index (χ3v) is 1.43. The zero-order valence-corrected chi connectivity index (χ0v) is 5.52. The molecule has 6 N–H and O–H groups in total. The fourth-order valence-corrected chi connectivity index (χ4v) is 0.136. The second kappa shape index (κ2) is 2.44. The van der Waals surface area contributed by atoms with Gasteiger partial charge in [0.2, 0.25) is 0 Å². The van der Waals surface area contributed by atoms with Gasteiger partial charge in [-0.05, 0) is 0 Å². The first-order valence-electron chi connectivity index (χ1n) is 2.72. The van der Waals surface area contributed by atoms with Crippen LogP contribution in [-0.2, 0) is 0 Å². The van der Waals surface area contributed by atoms with E-state index in [2.05, 4.69) is 0 Å². The van der Waals surface area contributed by atoms with E-state index in [9.17, 15) is 0 Å². The Labute approximate surface area is 50.2 Å². The lowest BCUT2D eigenvalue weighted by molar-refractivity contribution is 0.302. The van der Waals surface area contributed by atoms with Crippen LogP contribution in [0.5, 0.6) is 0 Å². The Morgan fingerprint density at radius 1 is 1.38 bits per heavy atom. The van der Waals surface area contributed by atoms with Crippen LogP contribution >= 0.6 is 0 Å². The van der Waals surface area contributed by atoms with Crippen LogP contribution in [0.3, 0.4) is 0 Å². The van der Waals surface area contributed by atoms with E-state index in [-0.39, 0.29) is 11.6 Å². The minimum absolute atomic E-state index is 0.125. The molecule has 0 aliphatic heterocycles. The Hall–Kier alpha value is -0.120. The predicted molar refractivity (Wildman–Crippen MR) is 35.0 cm³/mol. The van der Waals surface area contributed by atoms with Crippen molar-refractivity contribution < 1.29 is 0 Å². The van der Waals surface area contributed by atoms with Crippen molar-refractivity contribution in [3.8, 4) is 0 Å². The minimum Gasteiger partial charge on any atom is -0.330 e. The predicted octanol–water partition coefficient (Wildman–Crippen LogP) is -0.785. The number of hydrogen-bond acceptors (Lipinski definition) is 3. The molecule has 0 radical (unpaired) electrons. The Balaban J connectivity index is 3.71. The largest absolute Gasteiger partial charge is 0.330 e. The van der Waals surface area contributed by atoms with E-state index in [1.54, 1.807) is 0 Å². The van der Waals surface area contributed by atoms with Crippen molar-refractivity contribution in [2.24, 2.45) is 22.6 Å². The highest BCUT2D eigenvalue weighted by atomic mass is 14.9. The van der Waals surface area contributed by atoms with Gasteiger partial charge in [0.25, 0.3) is 0 Å². The average molecular weight is 117 g/mol. The molecular weight excluding hydrogens is 102 g/mol. The zero-order valence-electron chi connectivity index (χ0n) is 5.52. The van der Waals surface area contributed by atoms with Crippen LogP contribution in [0.1, 0.15) is 13.8 Å². The third kappa shape index (κ3) is 1.78. The lowest BCUT2D eigenvalue weighted by Gasteiger charge is -2.26. The first-order chi connectivity index (χ1) is 3.50. The molecule has 0 aromatic rings. The molecule has 3 nitrogen and oxygen atoms in total. The Bertz CT molecular complexity index is 68.1. The smallest absolute Gasteiger partial charge is 0.0585 e. The Morgan fingerprint density at radius 3 is 1.75 bits per heavy atom. The molecule has 0 aliphatic rings. The summed E-state index contributed by atoms with van der Waals surface area (Å²) in [6.07, 6.45) is -0.313. The summed E-state index contributed by atoms with van der Waals surface area (Å²) in [4.78, 5) is 0. The fraction of sp³-hybridized carbons (Fsp3) is 1.00. The standard InChI is InChI=1S/C5H15N3/c1-5(2,3-6)4(7)8/h4H,3,6-8H2,1-2H3. The van der Waals surface area contributed by atoms with Crippen molar-refractivity contribution >= 4 is 0 Å². The maximum Gasteiger partial charge on any atom is 0.0585 e. The number of rotatable bonds is 2. The van der Waals surface area contributed by atoms with Gasteiger partial charge < -0.3 is 17.2 Å². The zero-order chi connectivity index (χ0) is 6.78. The molecule has 8 heavy (non-hydrogen) atoms. The van der Waals surface area contributed by atoms with E-state index in [1.165, 1.54) is 0 Å². The van der Waals surface area contributed by atoms with Crippen molar-refractivity contribution in [2.75, 3.05) is 6.54 Å². The molecule has 0 aromatic carbocycles. The summed E-state index contributed by atoms with van der Waals surface area (Å²) in [5.41, 5.74) is 16.0. The highest BCUT2D eigenvalue weighted by Gasteiger charge is 2.20. The molecule has 0 aliphatic carbocycles. The normalized spacial score (nSPS) is 12.8. The Morgan fingerprint density at radius 2 is 1.75 bits per heavy atom. The van der Waals surface area contributed by atoms with E-state index < -0.39 is 0 Å². The monoisotopic (exact) mass is 117 g/mol. The molecule has 0 amide bonds. The average Bonchev–Trinajstić information content (AvgIpc) is 1.67. The van der Waals surface area contributed by atoms with Gasteiger partial charge in [0, 0.05) is 12.0 Å². The maximum absolute atomic E-state index is 5.38. The summed E-state index contributed by atoms with van der Waals surface area (Å²) in [7, 11) is 0. The van der Waals surface area contributed by atoms with E-state index in [0.29, 0.717) is 6.54 Å². The summed E-state index contributed by atoms with van der Waals surface area (Å²) in [5.74, 6) is 0. The van der Waals surface area contributed by atoms with Crippen LogP contribution in [0.4, 0.5) is 0 Å². The first kappa shape index (κ1) is 7.88. The molecule has 0 spiro atoms. The van der Waals surface area contributed by atoms with Crippen LogP contribution in [0.2, 0.25) is 0 Å². The summed E-state index contributed by atoms with van der Waals surface area (Å²) in [6, 6.07) is 0. The third-order valence-electron chi connectivity index (χ3n) is 1.43.